The number of hydrogen-bond acceptors (Lipinski definition) is 3. The molecule has 4 heteroatoms. The van der Waals surface area contributed by atoms with Gasteiger partial charge >= 0.3 is 0 Å². The van der Waals surface area contributed by atoms with Gasteiger partial charge in [-0.15, -0.1) is 0 Å². The van der Waals surface area contributed by atoms with Crippen molar-refractivity contribution in [2.45, 2.75) is 26.8 Å². The Balaban J connectivity index is 2.28. The van der Waals surface area contributed by atoms with Crippen LogP contribution in [0.4, 0.5) is 0 Å². The van der Waals surface area contributed by atoms with Crippen LogP contribution in [-0.4, -0.2) is 41.4 Å². The van der Waals surface area contributed by atoms with E-state index in [9.17, 15) is 0 Å². The molecule has 1 heterocycles. The van der Waals surface area contributed by atoms with Gasteiger partial charge in [0, 0.05) is 37.9 Å². The van der Waals surface area contributed by atoms with Crippen LogP contribution >= 0.6 is 0 Å². The molecular formula is C12H24N4. The lowest BCUT2D eigenvalue weighted by atomic mass is 10.2. The molecule has 0 radical (unpaired) electrons. The maximum absolute atomic E-state index is 4.25. The summed E-state index contributed by atoms with van der Waals surface area (Å²) in [6.45, 7) is 8.53. The Kier molecular flexibility index (Phi) is 5.49. The van der Waals surface area contributed by atoms with Crippen LogP contribution in [0.3, 0.4) is 0 Å². The van der Waals surface area contributed by atoms with Gasteiger partial charge in [-0.2, -0.15) is 5.10 Å². The second-order valence-corrected chi connectivity index (χ2v) is 4.37. The third kappa shape index (κ3) is 3.94. The normalized spacial score (nSPS) is 11.3. The van der Waals surface area contributed by atoms with Crippen molar-refractivity contribution >= 4 is 0 Å². The van der Waals surface area contributed by atoms with Crippen LogP contribution in [0.25, 0.3) is 0 Å². The van der Waals surface area contributed by atoms with Crippen LogP contribution in [-0.2, 0) is 13.6 Å². The second kappa shape index (κ2) is 6.66. The fourth-order valence-corrected chi connectivity index (χ4v) is 1.64. The van der Waals surface area contributed by atoms with E-state index < -0.39 is 0 Å². The summed E-state index contributed by atoms with van der Waals surface area (Å²) in [5.74, 6) is 0. The van der Waals surface area contributed by atoms with Crippen LogP contribution in [0.2, 0.25) is 0 Å². The molecule has 0 spiro atoms. The van der Waals surface area contributed by atoms with E-state index in [0.29, 0.717) is 0 Å². The molecule has 0 aliphatic heterocycles. The topological polar surface area (TPSA) is 33.1 Å². The predicted octanol–water partition coefficient (Wildman–Crippen LogP) is 1.16. The first-order valence-corrected chi connectivity index (χ1v) is 6.02. The Morgan fingerprint density at radius 1 is 1.44 bits per heavy atom. The lowest BCUT2D eigenvalue weighted by Gasteiger charge is -2.16. The summed E-state index contributed by atoms with van der Waals surface area (Å²) in [4.78, 5) is 2.33. The molecule has 0 fully saturated rings. The summed E-state index contributed by atoms with van der Waals surface area (Å²) in [5.41, 5.74) is 2.58. The van der Waals surface area contributed by atoms with Gasteiger partial charge in [0.2, 0.25) is 0 Å². The van der Waals surface area contributed by atoms with E-state index in [4.69, 9.17) is 0 Å². The highest BCUT2D eigenvalue weighted by Crippen LogP contribution is 2.07. The van der Waals surface area contributed by atoms with Gasteiger partial charge in [-0.1, -0.05) is 6.92 Å². The van der Waals surface area contributed by atoms with Crippen LogP contribution in [0, 0.1) is 6.92 Å². The molecule has 0 bridgehead atoms. The van der Waals surface area contributed by atoms with E-state index in [0.717, 1.165) is 26.2 Å². The van der Waals surface area contributed by atoms with E-state index in [2.05, 4.69) is 36.2 Å². The van der Waals surface area contributed by atoms with Crippen molar-refractivity contribution in [3.8, 4) is 0 Å². The molecule has 0 saturated heterocycles. The molecule has 0 unspecified atom stereocenters. The number of nitrogens with one attached hydrogen (secondary N) is 1. The van der Waals surface area contributed by atoms with E-state index in [-0.39, 0.29) is 0 Å². The number of hydrogen-bond donors (Lipinski definition) is 1. The van der Waals surface area contributed by atoms with E-state index in [1.54, 1.807) is 0 Å². The molecule has 4 nitrogen and oxygen atoms in total. The molecule has 1 aromatic heterocycles. The van der Waals surface area contributed by atoms with Gasteiger partial charge in [0.1, 0.15) is 0 Å². The average Bonchev–Trinajstić information content (AvgIpc) is 2.56. The fraction of sp³-hybridized carbons (Fsp3) is 0.750. The van der Waals surface area contributed by atoms with Crippen molar-refractivity contribution in [3.63, 3.8) is 0 Å². The summed E-state index contributed by atoms with van der Waals surface area (Å²) in [6, 6.07) is 0. The monoisotopic (exact) mass is 224 g/mol. The van der Waals surface area contributed by atoms with Crippen molar-refractivity contribution in [3.05, 3.63) is 17.5 Å². The fourth-order valence-electron chi connectivity index (χ4n) is 1.64. The maximum atomic E-state index is 4.25. The highest BCUT2D eigenvalue weighted by Gasteiger charge is 2.06. The van der Waals surface area contributed by atoms with Gasteiger partial charge in [0.15, 0.2) is 0 Å². The molecule has 0 amide bonds. The Morgan fingerprint density at radius 3 is 2.75 bits per heavy atom. The van der Waals surface area contributed by atoms with E-state index in [1.165, 1.54) is 17.7 Å². The molecule has 0 atom stereocenters. The van der Waals surface area contributed by atoms with E-state index in [1.807, 2.05) is 17.9 Å². The summed E-state index contributed by atoms with van der Waals surface area (Å²) >= 11 is 0. The van der Waals surface area contributed by atoms with Crippen molar-refractivity contribution in [1.29, 1.82) is 0 Å². The standard InChI is InChI=1S/C12H24N4/c1-5-6-13-7-8-15(3)10-12-9-14-16(4)11(12)2/h9,13H,5-8,10H2,1-4H3. The number of likely N-dealkylation sites (N-methyl/N-ethyl adjacent to an activating group) is 1. The minimum atomic E-state index is 0.980. The molecule has 1 aromatic rings. The van der Waals surface area contributed by atoms with Gasteiger partial charge in [-0.05, 0) is 26.9 Å². The number of nitrogens with zero attached hydrogens (tertiary/aromatic N) is 3. The molecule has 0 aliphatic rings. The Morgan fingerprint density at radius 2 is 2.19 bits per heavy atom. The first kappa shape index (κ1) is 13.2. The van der Waals surface area contributed by atoms with Crippen LogP contribution in [0.5, 0.6) is 0 Å². The average molecular weight is 224 g/mol. The van der Waals surface area contributed by atoms with Gasteiger partial charge < -0.3 is 10.2 Å². The predicted molar refractivity (Wildman–Crippen MR) is 67.4 cm³/mol. The number of rotatable bonds is 7. The Labute approximate surface area is 98.6 Å². The highest BCUT2D eigenvalue weighted by molar-refractivity contribution is 5.15. The molecular weight excluding hydrogens is 200 g/mol. The SMILES string of the molecule is CCCNCCN(C)Cc1cnn(C)c1C. The Bertz CT molecular complexity index is 306. The van der Waals surface area contributed by atoms with Crippen molar-refractivity contribution in [2.75, 3.05) is 26.7 Å². The van der Waals surface area contributed by atoms with Crippen molar-refractivity contribution in [1.82, 2.24) is 20.0 Å². The van der Waals surface area contributed by atoms with Crippen LogP contribution in [0.15, 0.2) is 6.20 Å². The highest BCUT2D eigenvalue weighted by atomic mass is 15.3. The van der Waals surface area contributed by atoms with Crippen molar-refractivity contribution < 1.29 is 0 Å². The zero-order valence-corrected chi connectivity index (χ0v) is 11.0. The molecule has 92 valence electrons. The molecule has 1 rings (SSSR count). The lowest BCUT2D eigenvalue weighted by Crippen LogP contribution is -2.29. The maximum Gasteiger partial charge on any atom is 0.0537 e. The Hall–Kier alpha value is -0.870. The molecule has 16 heavy (non-hydrogen) atoms. The van der Waals surface area contributed by atoms with Crippen molar-refractivity contribution in [2.24, 2.45) is 7.05 Å². The summed E-state index contributed by atoms with van der Waals surface area (Å²) in [7, 11) is 4.14. The number of aryl methyl sites for hydroxylation is 1. The first-order chi connectivity index (χ1) is 7.65. The van der Waals surface area contributed by atoms with Gasteiger partial charge in [0.05, 0.1) is 6.20 Å². The zero-order chi connectivity index (χ0) is 12.0. The summed E-state index contributed by atoms with van der Waals surface area (Å²) in [5, 5.41) is 7.66. The number of aromatic nitrogens is 2. The van der Waals surface area contributed by atoms with Crippen LogP contribution in [0.1, 0.15) is 24.6 Å². The third-order valence-corrected chi connectivity index (χ3v) is 2.87. The van der Waals surface area contributed by atoms with E-state index >= 15 is 0 Å². The third-order valence-electron chi connectivity index (χ3n) is 2.87. The quantitative estimate of drug-likeness (QED) is 0.706. The second-order valence-electron chi connectivity index (χ2n) is 4.37. The van der Waals surface area contributed by atoms with Gasteiger partial charge in [-0.3, -0.25) is 4.68 Å². The van der Waals surface area contributed by atoms with Gasteiger partial charge in [0.25, 0.3) is 0 Å². The summed E-state index contributed by atoms with van der Waals surface area (Å²) in [6.07, 6.45) is 3.16. The minimum Gasteiger partial charge on any atom is -0.315 e. The van der Waals surface area contributed by atoms with Gasteiger partial charge in [-0.25, -0.2) is 0 Å². The molecule has 1 N–H and O–H groups in total. The molecule has 0 aliphatic carbocycles. The molecule has 0 aromatic carbocycles. The zero-order valence-electron chi connectivity index (χ0n) is 11.0. The lowest BCUT2D eigenvalue weighted by molar-refractivity contribution is 0.324. The summed E-state index contributed by atoms with van der Waals surface area (Å²) < 4.78 is 1.93. The first-order valence-electron chi connectivity index (χ1n) is 6.02. The van der Waals surface area contributed by atoms with Crippen LogP contribution < -0.4 is 5.32 Å². The molecule has 0 saturated carbocycles. The minimum absolute atomic E-state index is 0.980. The smallest absolute Gasteiger partial charge is 0.0537 e. The largest absolute Gasteiger partial charge is 0.315 e.